The normalized spacial score (nSPS) is 11.1. The van der Waals surface area contributed by atoms with E-state index < -0.39 is 0 Å². The lowest BCUT2D eigenvalue weighted by Gasteiger charge is -2.13. The van der Waals surface area contributed by atoms with E-state index in [1.807, 2.05) is 13.0 Å². The van der Waals surface area contributed by atoms with Crippen LogP contribution in [0.1, 0.15) is 57.7 Å². The van der Waals surface area contributed by atoms with Crippen LogP contribution in [0.25, 0.3) is 0 Å². The Hall–Kier alpha value is -1.05. The summed E-state index contributed by atoms with van der Waals surface area (Å²) in [5.74, 6) is 1.72. The molecule has 0 aromatic carbocycles. The molecule has 0 bridgehead atoms. The minimum Gasteiger partial charge on any atom is -0.478 e. The Labute approximate surface area is 92.7 Å². The van der Waals surface area contributed by atoms with E-state index in [0.717, 1.165) is 11.6 Å². The molecule has 0 radical (unpaired) electrons. The van der Waals surface area contributed by atoms with Crippen molar-refractivity contribution in [2.75, 3.05) is 6.61 Å². The topological polar surface area (TPSA) is 22.1 Å². The second-order valence-corrected chi connectivity index (χ2v) is 4.41. The van der Waals surface area contributed by atoms with E-state index in [1.54, 1.807) is 0 Å². The number of ether oxygens (including phenoxy) is 1. The van der Waals surface area contributed by atoms with E-state index in [0.29, 0.717) is 18.4 Å². The van der Waals surface area contributed by atoms with Crippen molar-refractivity contribution >= 4 is 0 Å². The zero-order valence-corrected chi connectivity index (χ0v) is 10.4. The fourth-order valence-electron chi connectivity index (χ4n) is 1.40. The third-order valence-corrected chi connectivity index (χ3v) is 2.39. The van der Waals surface area contributed by atoms with Gasteiger partial charge in [-0.15, -0.1) is 0 Å². The molecule has 0 fully saturated rings. The monoisotopic (exact) mass is 207 g/mol. The summed E-state index contributed by atoms with van der Waals surface area (Å²) < 4.78 is 5.48. The van der Waals surface area contributed by atoms with Crippen molar-refractivity contribution in [3.63, 3.8) is 0 Å². The van der Waals surface area contributed by atoms with Crippen LogP contribution < -0.4 is 4.74 Å². The average Bonchev–Trinajstić information content (AvgIpc) is 2.17. The van der Waals surface area contributed by atoms with Gasteiger partial charge in [-0.05, 0) is 30.4 Å². The summed E-state index contributed by atoms with van der Waals surface area (Å²) in [7, 11) is 0. The molecular weight excluding hydrogens is 186 g/mol. The molecule has 0 unspecified atom stereocenters. The molecule has 2 nitrogen and oxygen atoms in total. The Bertz CT molecular complexity index is 292. The highest BCUT2D eigenvalue weighted by molar-refractivity contribution is 5.28. The van der Waals surface area contributed by atoms with E-state index >= 15 is 0 Å². The van der Waals surface area contributed by atoms with Crippen LogP contribution in [-0.4, -0.2) is 11.6 Å². The fraction of sp³-hybridized carbons (Fsp3) is 0.615. The Kier molecular flexibility index (Phi) is 4.13. The lowest BCUT2D eigenvalue weighted by atomic mass is 10.0. The number of hydrogen-bond acceptors (Lipinski definition) is 2. The van der Waals surface area contributed by atoms with Crippen molar-refractivity contribution in [1.29, 1.82) is 0 Å². The molecule has 2 heteroatoms. The van der Waals surface area contributed by atoms with Crippen molar-refractivity contribution in [3.8, 4) is 5.88 Å². The van der Waals surface area contributed by atoms with Crippen LogP contribution >= 0.6 is 0 Å². The minimum absolute atomic E-state index is 0.447. The molecule has 0 atom stereocenters. The Balaban J connectivity index is 3.08. The zero-order valence-electron chi connectivity index (χ0n) is 10.4. The molecule has 0 aliphatic carbocycles. The van der Waals surface area contributed by atoms with Crippen LogP contribution in [0.5, 0.6) is 5.88 Å². The van der Waals surface area contributed by atoms with Crippen LogP contribution in [-0.2, 0) is 0 Å². The van der Waals surface area contributed by atoms with Gasteiger partial charge in [0.15, 0.2) is 0 Å². The summed E-state index contributed by atoms with van der Waals surface area (Å²) >= 11 is 0. The predicted octanol–water partition coefficient (Wildman–Crippen LogP) is 3.73. The van der Waals surface area contributed by atoms with Crippen molar-refractivity contribution in [1.82, 2.24) is 4.98 Å². The fourth-order valence-corrected chi connectivity index (χ4v) is 1.40. The van der Waals surface area contributed by atoms with E-state index in [9.17, 15) is 0 Å². The van der Waals surface area contributed by atoms with Crippen LogP contribution in [0.2, 0.25) is 0 Å². The quantitative estimate of drug-likeness (QED) is 0.750. The molecule has 84 valence electrons. The second kappa shape index (κ2) is 5.15. The van der Waals surface area contributed by atoms with E-state index in [1.165, 1.54) is 5.56 Å². The van der Waals surface area contributed by atoms with E-state index in [4.69, 9.17) is 4.74 Å². The minimum atomic E-state index is 0.447. The summed E-state index contributed by atoms with van der Waals surface area (Å²) in [6.07, 6.45) is 0. The van der Waals surface area contributed by atoms with Gasteiger partial charge in [0.1, 0.15) is 0 Å². The molecule has 0 saturated heterocycles. The first-order valence-corrected chi connectivity index (χ1v) is 5.69. The summed E-state index contributed by atoms with van der Waals surface area (Å²) in [4.78, 5) is 4.48. The number of pyridine rings is 1. The van der Waals surface area contributed by atoms with Gasteiger partial charge >= 0.3 is 0 Å². The number of aromatic nitrogens is 1. The van der Waals surface area contributed by atoms with Crippen LogP contribution in [0.4, 0.5) is 0 Å². The number of nitrogens with zero attached hydrogens (tertiary/aromatic N) is 1. The predicted molar refractivity (Wildman–Crippen MR) is 63.6 cm³/mol. The van der Waals surface area contributed by atoms with Crippen LogP contribution in [0.3, 0.4) is 0 Å². The molecule has 0 spiro atoms. The molecule has 0 aliphatic heterocycles. The average molecular weight is 207 g/mol. The van der Waals surface area contributed by atoms with Gasteiger partial charge in [-0.1, -0.05) is 27.7 Å². The van der Waals surface area contributed by atoms with Gasteiger partial charge in [-0.25, -0.2) is 4.98 Å². The van der Waals surface area contributed by atoms with Crippen molar-refractivity contribution in [3.05, 3.63) is 23.4 Å². The molecular formula is C13H21NO. The second-order valence-electron chi connectivity index (χ2n) is 4.41. The zero-order chi connectivity index (χ0) is 11.4. The standard InChI is InChI=1S/C13H21NO/c1-6-15-13-8-11(9(2)3)7-12(14-13)10(4)5/h7-10H,6H2,1-5H3. The molecule has 1 heterocycles. The van der Waals surface area contributed by atoms with Crippen LogP contribution in [0.15, 0.2) is 12.1 Å². The third kappa shape index (κ3) is 3.22. The summed E-state index contributed by atoms with van der Waals surface area (Å²) in [5, 5.41) is 0. The molecule has 0 aliphatic rings. The highest BCUT2D eigenvalue weighted by atomic mass is 16.5. The maximum atomic E-state index is 5.48. The van der Waals surface area contributed by atoms with Gasteiger partial charge in [-0.2, -0.15) is 0 Å². The number of rotatable bonds is 4. The summed E-state index contributed by atoms with van der Waals surface area (Å²) in [6, 6.07) is 4.22. The lowest BCUT2D eigenvalue weighted by Crippen LogP contribution is -2.02. The SMILES string of the molecule is CCOc1cc(C(C)C)cc(C(C)C)n1. The summed E-state index contributed by atoms with van der Waals surface area (Å²) in [6.45, 7) is 11.3. The first-order chi connectivity index (χ1) is 7.04. The largest absolute Gasteiger partial charge is 0.478 e. The molecule has 0 N–H and O–H groups in total. The Morgan fingerprint density at radius 2 is 1.80 bits per heavy atom. The highest BCUT2D eigenvalue weighted by Crippen LogP contribution is 2.23. The molecule has 0 saturated carbocycles. The smallest absolute Gasteiger partial charge is 0.213 e. The summed E-state index contributed by atoms with van der Waals surface area (Å²) in [5.41, 5.74) is 2.42. The first kappa shape index (κ1) is 12.0. The molecule has 15 heavy (non-hydrogen) atoms. The Morgan fingerprint density at radius 3 is 2.27 bits per heavy atom. The van der Waals surface area contributed by atoms with Gasteiger partial charge in [0.2, 0.25) is 5.88 Å². The maximum Gasteiger partial charge on any atom is 0.213 e. The van der Waals surface area contributed by atoms with Gasteiger partial charge < -0.3 is 4.74 Å². The van der Waals surface area contributed by atoms with Crippen molar-refractivity contribution in [2.45, 2.75) is 46.5 Å². The van der Waals surface area contributed by atoms with Crippen LogP contribution in [0, 0.1) is 0 Å². The van der Waals surface area contributed by atoms with Gasteiger partial charge in [0.25, 0.3) is 0 Å². The Morgan fingerprint density at radius 1 is 1.13 bits per heavy atom. The van der Waals surface area contributed by atoms with Gasteiger partial charge in [-0.3, -0.25) is 0 Å². The first-order valence-electron chi connectivity index (χ1n) is 5.69. The highest BCUT2D eigenvalue weighted by Gasteiger charge is 2.08. The van der Waals surface area contributed by atoms with E-state index in [-0.39, 0.29) is 0 Å². The van der Waals surface area contributed by atoms with Gasteiger partial charge in [0, 0.05) is 11.8 Å². The molecule has 1 aromatic rings. The van der Waals surface area contributed by atoms with Crippen molar-refractivity contribution in [2.24, 2.45) is 0 Å². The molecule has 1 rings (SSSR count). The van der Waals surface area contributed by atoms with Crippen molar-refractivity contribution < 1.29 is 4.74 Å². The maximum absolute atomic E-state index is 5.48. The van der Waals surface area contributed by atoms with Gasteiger partial charge in [0.05, 0.1) is 6.61 Å². The van der Waals surface area contributed by atoms with E-state index in [2.05, 4.69) is 38.7 Å². The number of hydrogen-bond donors (Lipinski definition) is 0. The molecule has 0 amide bonds. The lowest BCUT2D eigenvalue weighted by molar-refractivity contribution is 0.324. The molecule has 1 aromatic heterocycles. The third-order valence-electron chi connectivity index (χ3n) is 2.39.